The lowest BCUT2D eigenvalue weighted by Crippen LogP contribution is -2.53. The third-order valence-electron chi connectivity index (χ3n) is 7.42. The number of carbonyl (C=O) groups excluding carboxylic acids is 1. The van der Waals surface area contributed by atoms with E-state index in [1.54, 1.807) is 0 Å². The topological polar surface area (TPSA) is 54.0 Å². The molecule has 5 heteroatoms. The van der Waals surface area contributed by atoms with Crippen LogP contribution in [0, 0.1) is 0 Å². The summed E-state index contributed by atoms with van der Waals surface area (Å²) in [5.74, 6) is 0.708. The molecule has 0 unspecified atom stereocenters. The van der Waals surface area contributed by atoms with E-state index in [2.05, 4.69) is 24.3 Å². The van der Waals surface area contributed by atoms with Crippen molar-refractivity contribution in [3.05, 3.63) is 29.8 Å². The highest BCUT2D eigenvalue weighted by Gasteiger charge is 2.50. The quantitative estimate of drug-likeness (QED) is 0.379. The molecule has 2 saturated heterocycles. The molecule has 0 spiro atoms. The van der Waals surface area contributed by atoms with Crippen LogP contribution in [0.3, 0.4) is 0 Å². The van der Waals surface area contributed by atoms with Crippen LogP contribution >= 0.6 is 0 Å². The zero-order valence-electron chi connectivity index (χ0n) is 20.1. The summed E-state index contributed by atoms with van der Waals surface area (Å²) in [7, 11) is 0. The minimum Gasteiger partial charge on any atom is -0.490 e. The Morgan fingerprint density at radius 3 is 2.50 bits per heavy atom. The van der Waals surface area contributed by atoms with Gasteiger partial charge in [-0.2, -0.15) is 0 Å². The van der Waals surface area contributed by atoms with Crippen molar-refractivity contribution in [3.63, 3.8) is 0 Å². The molecule has 2 bridgehead atoms. The highest BCUT2D eigenvalue weighted by atomic mass is 16.6. The third-order valence-corrected chi connectivity index (χ3v) is 7.42. The summed E-state index contributed by atoms with van der Waals surface area (Å²) >= 11 is 0. The van der Waals surface area contributed by atoms with Crippen LogP contribution in [-0.4, -0.2) is 43.1 Å². The minimum absolute atomic E-state index is 0.00503. The van der Waals surface area contributed by atoms with Gasteiger partial charge in [-0.15, -0.1) is 0 Å². The maximum absolute atomic E-state index is 11.8. The molecule has 1 aromatic rings. The second kappa shape index (κ2) is 9.72. The second-order valence-electron chi connectivity index (χ2n) is 11.0. The van der Waals surface area contributed by atoms with Gasteiger partial charge in [0.05, 0.1) is 24.9 Å². The van der Waals surface area contributed by atoms with Crippen LogP contribution in [-0.2, 0) is 24.4 Å². The lowest BCUT2D eigenvalue weighted by atomic mass is 9.62. The van der Waals surface area contributed by atoms with E-state index in [0.717, 1.165) is 44.5 Å². The van der Waals surface area contributed by atoms with Crippen LogP contribution in [0.15, 0.2) is 24.3 Å². The Bertz CT molecular complexity index is 750. The van der Waals surface area contributed by atoms with Gasteiger partial charge in [-0.3, -0.25) is 0 Å². The molecule has 5 rings (SSSR count). The third kappa shape index (κ3) is 5.85. The molecule has 32 heavy (non-hydrogen) atoms. The van der Waals surface area contributed by atoms with E-state index in [1.165, 1.54) is 37.7 Å². The number of ether oxygens (including phenoxy) is 4. The number of esters is 1. The van der Waals surface area contributed by atoms with Crippen molar-refractivity contribution in [1.82, 2.24) is 0 Å². The maximum Gasteiger partial charge on any atom is 0.332 e. The number of carbonyl (C=O) groups is 1. The fraction of sp³-hybridized carbons (Fsp3) is 0.741. The number of rotatable bonds is 8. The summed E-state index contributed by atoms with van der Waals surface area (Å²) in [6.45, 7) is 6.89. The summed E-state index contributed by atoms with van der Waals surface area (Å²) in [5, 5.41) is 0. The van der Waals surface area contributed by atoms with Gasteiger partial charge < -0.3 is 18.9 Å². The largest absolute Gasteiger partial charge is 0.490 e. The van der Waals surface area contributed by atoms with E-state index in [0.29, 0.717) is 12.7 Å². The summed E-state index contributed by atoms with van der Waals surface area (Å²) in [4.78, 5) is 11.8. The van der Waals surface area contributed by atoms with Gasteiger partial charge in [0.2, 0.25) is 0 Å². The van der Waals surface area contributed by atoms with Crippen LogP contribution in [0.25, 0.3) is 0 Å². The Labute approximate surface area is 193 Å². The Morgan fingerprint density at radius 1 is 1.09 bits per heavy atom. The summed E-state index contributed by atoms with van der Waals surface area (Å²) in [6, 6.07) is 8.76. The monoisotopic (exact) mass is 444 g/mol. The molecule has 2 aliphatic heterocycles. The lowest BCUT2D eigenvalue weighted by molar-refractivity contribution is -0.172. The molecule has 0 atom stereocenters. The summed E-state index contributed by atoms with van der Waals surface area (Å²) < 4.78 is 23.7. The van der Waals surface area contributed by atoms with E-state index < -0.39 is 5.60 Å². The molecule has 0 N–H and O–H groups in total. The van der Waals surface area contributed by atoms with Crippen molar-refractivity contribution < 1.29 is 23.7 Å². The van der Waals surface area contributed by atoms with Gasteiger partial charge in [0.25, 0.3) is 0 Å². The highest BCUT2D eigenvalue weighted by Crippen LogP contribution is 2.52. The average Bonchev–Trinajstić information content (AvgIpc) is 2.78. The van der Waals surface area contributed by atoms with Crippen molar-refractivity contribution in [2.45, 2.75) is 108 Å². The van der Waals surface area contributed by atoms with Crippen LogP contribution in [0.4, 0.5) is 0 Å². The van der Waals surface area contributed by atoms with Crippen molar-refractivity contribution in [2.24, 2.45) is 0 Å². The van der Waals surface area contributed by atoms with Gasteiger partial charge in [0.1, 0.15) is 18.0 Å². The van der Waals surface area contributed by atoms with Crippen LogP contribution in [0.1, 0.15) is 90.5 Å². The van der Waals surface area contributed by atoms with E-state index in [9.17, 15) is 4.79 Å². The molecular formula is C27H40O5. The van der Waals surface area contributed by atoms with E-state index in [4.69, 9.17) is 18.9 Å². The van der Waals surface area contributed by atoms with Crippen molar-refractivity contribution in [1.29, 1.82) is 0 Å². The number of hydrogen-bond donors (Lipinski definition) is 0. The van der Waals surface area contributed by atoms with Crippen LogP contribution in [0.2, 0.25) is 0 Å². The van der Waals surface area contributed by atoms with Gasteiger partial charge in [-0.05, 0) is 96.3 Å². The van der Waals surface area contributed by atoms with Gasteiger partial charge in [0, 0.05) is 5.41 Å². The zero-order valence-corrected chi connectivity index (χ0v) is 20.1. The Kier molecular flexibility index (Phi) is 7.16. The normalized spacial score (nSPS) is 28.5. The first-order valence-corrected chi connectivity index (χ1v) is 12.5. The molecule has 0 aromatic heterocycles. The molecule has 4 fully saturated rings. The molecule has 0 radical (unpaired) electrons. The number of benzene rings is 1. The first-order valence-electron chi connectivity index (χ1n) is 12.5. The standard InChI is InChI=1S/C27H40O5/c1-25(2,3)32-24(28)19-29-17-16-27-14-12-26(13-15-27,20-30-27)21-8-7-11-23(18-21)31-22-9-5-4-6-10-22/h7-8,11,18,22H,4-6,9-10,12-17,19-20H2,1-3H3. The van der Waals surface area contributed by atoms with E-state index in [1.807, 2.05) is 20.8 Å². The van der Waals surface area contributed by atoms with Crippen LogP contribution < -0.4 is 4.74 Å². The molecule has 2 saturated carbocycles. The maximum atomic E-state index is 11.8. The molecular weight excluding hydrogens is 404 g/mol. The summed E-state index contributed by atoms with van der Waals surface area (Å²) in [6.07, 6.45) is 11.8. The second-order valence-corrected chi connectivity index (χ2v) is 11.0. The number of fused-ring (bicyclic) bond motifs is 3. The highest BCUT2D eigenvalue weighted by molar-refractivity contribution is 5.71. The van der Waals surface area contributed by atoms with Crippen LogP contribution in [0.5, 0.6) is 5.75 Å². The van der Waals surface area contributed by atoms with E-state index in [-0.39, 0.29) is 23.6 Å². The van der Waals surface area contributed by atoms with E-state index >= 15 is 0 Å². The first kappa shape index (κ1) is 23.6. The Balaban J connectivity index is 1.27. The van der Waals surface area contributed by atoms with Crippen molar-refractivity contribution >= 4 is 5.97 Å². The zero-order chi connectivity index (χ0) is 22.7. The molecule has 178 valence electrons. The van der Waals surface area contributed by atoms with Crippen molar-refractivity contribution in [3.8, 4) is 5.75 Å². The predicted octanol–water partition coefficient (Wildman–Crippen LogP) is 5.73. The molecule has 1 aromatic carbocycles. The molecule has 4 aliphatic rings. The van der Waals surface area contributed by atoms with Gasteiger partial charge in [0.15, 0.2) is 0 Å². The first-order chi connectivity index (χ1) is 15.3. The molecule has 5 nitrogen and oxygen atoms in total. The van der Waals surface area contributed by atoms with Crippen molar-refractivity contribution in [2.75, 3.05) is 19.8 Å². The fourth-order valence-electron chi connectivity index (χ4n) is 5.52. The Hall–Kier alpha value is -1.59. The Morgan fingerprint density at radius 2 is 1.84 bits per heavy atom. The molecule has 2 aliphatic carbocycles. The summed E-state index contributed by atoms with van der Waals surface area (Å²) in [5.41, 5.74) is 0.883. The fourth-order valence-corrected chi connectivity index (χ4v) is 5.52. The number of hydrogen-bond acceptors (Lipinski definition) is 5. The minimum atomic E-state index is -0.475. The molecule has 2 heterocycles. The smallest absolute Gasteiger partial charge is 0.332 e. The average molecular weight is 445 g/mol. The predicted molar refractivity (Wildman–Crippen MR) is 124 cm³/mol. The lowest BCUT2D eigenvalue weighted by Gasteiger charge is -2.53. The van der Waals surface area contributed by atoms with Gasteiger partial charge in [-0.25, -0.2) is 4.79 Å². The SMILES string of the molecule is CC(C)(C)OC(=O)COCCC12CCC(c3cccc(OC4CCCCC4)c3)(CC1)CO2. The molecule has 0 amide bonds. The van der Waals surface area contributed by atoms with Gasteiger partial charge in [-0.1, -0.05) is 18.6 Å². The van der Waals surface area contributed by atoms with Gasteiger partial charge >= 0.3 is 5.97 Å².